The molecule has 1 aliphatic carbocycles. The fraction of sp³-hybridized carbons (Fsp3) is 0.375. The molecule has 0 aromatic rings. The fourth-order valence-electron chi connectivity index (χ4n) is 0.805. The quantitative estimate of drug-likeness (QED) is 0.486. The van der Waals surface area contributed by atoms with Crippen LogP contribution in [0, 0.1) is 0 Å². The van der Waals surface area contributed by atoms with Crippen LogP contribution in [0.2, 0.25) is 0 Å². The summed E-state index contributed by atoms with van der Waals surface area (Å²) in [6.07, 6.45) is 6.49. The zero-order valence-corrected chi connectivity index (χ0v) is 5.92. The summed E-state index contributed by atoms with van der Waals surface area (Å²) in [5.41, 5.74) is 0.833. The molecule has 0 radical (unpaired) electrons. The van der Waals surface area contributed by atoms with Crippen LogP contribution in [0.4, 0.5) is 4.39 Å². The molecule has 1 atom stereocenters. The average molecular weight is 139 g/mol. The van der Waals surface area contributed by atoms with E-state index in [1.54, 1.807) is 19.2 Å². The molecule has 0 fully saturated rings. The molecular formula is C8H10FN. The van der Waals surface area contributed by atoms with Crippen LogP contribution in [-0.2, 0) is 0 Å². The second-order valence-electron chi connectivity index (χ2n) is 2.16. The number of allylic oxidation sites excluding steroid dienone is 4. The SMILES string of the molecule is CN=C1C=CCC(F)C=C1. The lowest BCUT2D eigenvalue weighted by molar-refractivity contribution is 0.404. The summed E-state index contributed by atoms with van der Waals surface area (Å²) in [6, 6.07) is 0. The molecule has 1 unspecified atom stereocenters. The average Bonchev–Trinajstić information content (AvgIpc) is 2.14. The molecule has 54 valence electrons. The summed E-state index contributed by atoms with van der Waals surface area (Å²) in [5.74, 6) is 0. The number of halogens is 1. The number of rotatable bonds is 0. The highest BCUT2D eigenvalue weighted by atomic mass is 19.1. The Kier molecular flexibility index (Phi) is 2.37. The van der Waals surface area contributed by atoms with E-state index >= 15 is 0 Å². The van der Waals surface area contributed by atoms with Crippen molar-refractivity contribution in [3.05, 3.63) is 24.3 Å². The minimum absolute atomic E-state index is 0.468. The van der Waals surface area contributed by atoms with Gasteiger partial charge in [-0.25, -0.2) is 4.39 Å². The summed E-state index contributed by atoms with van der Waals surface area (Å²) in [4.78, 5) is 3.92. The predicted octanol–water partition coefficient (Wildman–Crippen LogP) is 1.91. The van der Waals surface area contributed by atoms with E-state index in [0.717, 1.165) is 5.71 Å². The number of alkyl halides is 1. The highest BCUT2D eigenvalue weighted by molar-refractivity contribution is 6.04. The Morgan fingerprint density at radius 2 is 2.40 bits per heavy atom. The van der Waals surface area contributed by atoms with Gasteiger partial charge in [0, 0.05) is 13.5 Å². The first-order chi connectivity index (χ1) is 4.83. The van der Waals surface area contributed by atoms with Gasteiger partial charge in [0.05, 0.1) is 5.71 Å². The van der Waals surface area contributed by atoms with Gasteiger partial charge in [0.15, 0.2) is 0 Å². The van der Waals surface area contributed by atoms with E-state index in [2.05, 4.69) is 4.99 Å². The van der Waals surface area contributed by atoms with Gasteiger partial charge < -0.3 is 0 Å². The molecule has 1 rings (SSSR count). The standard InChI is InChI=1S/C8H10FN/c1-10-8-4-2-3-7(9)5-6-8/h2,4-7H,3H2,1H3. The van der Waals surface area contributed by atoms with Crippen molar-refractivity contribution < 1.29 is 4.39 Å². The van der Waals surface area contributed by atoms with Crippen LogP contribution in [0.5, 0.6) is 0 Å². The van der Waals surface area contributed by atoms with Gasteiger partial charge in [-0.1, -0.05) is 6.08 Å². The van der Waals surface area contributed by atoms with Crippen molar-refractivity contribution in [1.29, 1.82) is 0 Å². The Bertz CT molecular complexity index is 191. The van der Waals surface area contributed by atoms with Crippen molar-refractivity contribution in [3.8, 4) is 0 Å². The molecule has 0 spiro atoms. The number of hydrogen-bond donors (Lipinski definition) is 0. The van der Waals surface area contributed by atoms with Crippen LogP contribution in [0.25, 0.3) is 0 Å². The Balaban J connectivity index is 2.74. The molecule has 0 bridgehead atoms. The van der Waals surface area contributed by atoms with E-state index in [0.29, 0.717) is 6.42 Å². The van der Waals surface area contributed by atoms with E-state index in [4.69, 9.17) is 0 Å². The third-order valence-electron chi connectivity index (χ3n) is 1.38. The van der Waals surface area contributed by atoms with E-state index in [-0.39, 0.29) is 0 Å². The van der Waals surface area contributed by atoms with Crippen molar-refractivity contribution in [1.82, 2.24) is 0 Å². The summed E-state index contributed by atoms with van der Waals surface area (Å²) in [7, 11) is 1.70. The molecule has 1 nitrogen and oxygen atoms in total. The Morgan fingerprint density at radius 1 is 1.60 bits per heavy atom. The maximum atomic E-state index is 12.6. The molecule has 0 aromatic heterocycles. The second kappa shape index (κ2) is 3.30. The molecule has 0 aliphatic heterocycles. The van der Waals surface area contributed by atoms with Crippen molar-refractivity contribution in [3.63, 3.8) is 0 Å². The van der Waals surface area contributed by atoms with Gasteiger partial charge in [-0.2, -0.15) is 0 Å². The van der Waals surface area contributed by atoms with Crippen molar-refractivity contribution in [2.24, 2.45) is 4.99 Å². The minimum Gasteiger partial charge on any atom is -0.289 e. The number of hydrogen-bond acceptors (Lipinski definition) is 1. The summed E-state index contributed by atoms with van der Waals surface area (Å²) >= 11 is 0. The predicted molar refractivity (Wildman–Crippen MR) is 41.2 cm³/mol. The number of nitrogens with zero attached hydrogens (tertiary/aromatic N) is 1. The summed E-state index contributed by atoms with van der Waals surface area (Å²) in [5, 5.41) is 0. The van der Waals surface area contributed by atoms with E-state index < -0.39 is 6.17 Å². The number of aliphatic imine (C=N–C) groups is 1. The normalized spacial score (nSPS) is 29.0. The maximum absolute atomic E-state index is 12.6. The van der Waals surface area contributed by atoms with Crippen LogP contribution in [0.3, 0.4) is 0 Å². The fourth-order valence-corrected chi connectivity index (χ4v) is 0.805. The maximum Gasteiger partial charge on any atom is 0.122 e. The van der Waals surface area contributed by atoms with E-state index in [1.165, 1.54) is 6.08 Å². The first-order valence-corrected chi connectivity index (χ1v) is 3.28. The smallest absolute Gasteiger partial charge is 0.122 e. The molecule has 0 saturated carbocycles. The molecule has 0 N–H and O–H groups in total. The minimum atomic E-state index is -0.838. The lowest BCUT2D eigenvalue weighted by atomic mass is 10.3. The molecule has 1 aliphatic rings. The molecule has 2 heteroatoms. The van der Waals surface area contributed by atoms with Crippen LogP contribution < -0.4 is 0 Å². The summed E-state index contributed by atoms with van der Waals surface area (Å²) < 4.78 is 12.6. The van der Waals surface area contributed by atoms with Crippen LogP contribution in [-0.4, -0.2) is 18.9 Å². The van der Waals surface area contributed by atoms with Crippen molar-refractivity contribution >= 4 is 5.71 Å². The molecule has 0 heterocycles. The van der Waals surface area contributed by atoms with Crippen molar-refractivity contribution in [2.45, 2.75) is 12.6 Å². The lowest BCUT2D eigenvalue weighted by Crippen LogP contribution is -1.89. The largest absolute Gasteiger partial charge is 0.289 e. The Labute approximate surface area is 60.0 Å². The molecule has 0 amide bonds. The van der Waals surface area contributed by atoms with Crippen LogP contribution >= 0.6 is 0 Å². The second-order valence-corrected chi connectivity index (χ2v) is 2.16. The van der Waals surface area contributed by atoms with Crippen LogP contribution in [0.15, 0.2) is 29.3 Å². The zero-order valence-electron chi connectivity index (χ0n) is 5.92. The van der Waals surface area contributed by atoms with Crippen LogP contribution in [0.1, 0.15) is 6.42 Å². The van der Waals surface area contributed by atoms with E-state index in [9.17, 15) is 4.39 Å². The topological polar surface area (TPSA) is 12.4 Å². The van der Waals surface area contributed by atoms with E-state index in [1.807, 2.05) is 6.08 Å². The van der Waals surface area contributed by atoms with Gasteiger partial charge in [0.2, 0.25) is 0 Å². The Hall–Kier alpha value is -0.920. The van der Waals surface area contributed by atoms with Gasteiger partial charge in [-0.05, 0) is 18.2 Å². The monoisotopic (exact) mass is 139 g/mol. The lowest BCUT2D eigenvalue weighted by Gasteiger charge is -1.91. The first kappa shape index (κ1) is 7.19. The van der Waals surface area contributed by atoms with Gasteiger partial charge in [-0.15, -0.1) is 0 Å². The summed E-state index contributed by atoms with van der Waals surface area (Å²) in [6.45, 7) is 0. The van der Waals surface area contributed by atoms with Gasteiger partial charge in [0.25, 0.3) is 0 Å². The highest BCUT2D eigenvalue weighted by Crippen LogP contribution is 2.05. The molecular weight excluding hydrogens is 129 g/mol. The van der Waals surface area contributed by atoms with Gasteiger partial charge >= 0.3 is 0 Å². The van der Waals surface area contributed by atoms with Crippen molar-refractivity contribution in [2.75, 3.05) is 7.05 Å². The Morgan fingerprint density at radius 3 is 3.10 bits per heavy atom. The zero-order chi connectivity index (χ0) is 7.40. The molecule has 10 heavy (non-hydrogen) atoms. The molecule has 0 saturated heterocycles. The third-order valence-corrected chi connectivity index (χ3v) is 1.38. The van der Waals surface area contributed by atoms with Gasteiger partial charge in [-0.3, -0.25) is 4.99 Å². The first-order valence-electron chi connectivity index (χ1n) is 3.28. The highest BCUT2D eigenvalue weighted by Gasteiger charge is 2.01. The third kappa shape index (κ3) is 1.79. The van der Waals surface area contributed by atoms with Gasteiger partial charge in [0.1, 0.15) is 6.17 Å². The molecule has 0 aromatic carbocycles.